The van der Waals surface area contributed by atoms with Gasteiger partial charge in [0.15, 0.2) is 0 Å². The van der Waals surface area contributed by atoms with Crippen molar-refractivity contribution in [2.45, 2.75) is 49.3 Å². The number of amides is 1. The molecule has 4 bridgehead atoms. The molecule has 5 rings (SSSR count). The van der Waals surface area contributed by atoms with Crippen LogP contribution in [0.5, 0.6) is 11.5 Å². The number of carbonyl (C=O) groups is 1. The predicted octanol–water partition coefficient (Wildman–Crippen LogP) is 4.77. The molecular formula is C20H26BrNO3. The number of anilines is 1. The molecule has 5 heteroatoms. The molecule has 0 heterocycles. The molecule has 1 aromatic rings. The lowest BCUT2D eigenvalue weighted by Crippen LogP contribution is -2.53. The molecule has 2 unspecified atom stereocenters. The minimum absolute atomic E-state index is 0.105. The van der Waals surface area contributed by atoms with Crippen LogP contribution >= 0.6 is 15.9 Å². The van der Waals surface area contributed by atoms with Gasteiger partial charge in [-0.2, -0.15) is 0 Å². The van der Waals surface area contributed by atoms with Crippen molar-refractivity contribution in [1.82, 2.24) is 0 Å². The normalized spacial score (nSPS) is 35.5. The van der Waals surface area contributed by atoms with Crippen LogP contribution in [0.25, 0.3) is 0 Å². The molecule has 4 fully saturated rings. The Kier molecular flexibility index (Phi) is 4.25. The van der Waals surface area contributed by atoms with Crippen LogP contribution in [-0.2, 0) is 4.79 Å². The quantitative estimate of drug-likeness (QED) is 0.715. The number of hydrogen-bond acceptors (Lipinski definition) is 3. The molecule has 4 aliphatic carbocycles. The zero-order chi connectivity index (χ0) is 17.7. The number of methoxy groups -OCH3 is 2. The molecule has 136 valence electrons. The fourth-order valence-corrected chi connectivity index (χ4v) is 7.48. The first-order valence-electron chi connectivity index (χ1n) is 9.13. The van der Waals surface area contributed by atoms with E-state index in [1.54, 1.807) is 14.2 Å². The summed E-state index contributed by atoms with van der Waals surface area (Å²) >= 11 is 4.02. The number of halogens is 1. The molecule has 1 N–H and O–H groups in total. The van der Waals surface area contributed by atoms with Crippen molar-refractivity contribution < 1.29 is 14.3 Å². The average Bonchev–Trinajstić information content (AvgIpc) is 2.51. The van der Waals surface area contributed by atoms with Crippen molar-refractivity contribution in [2.24, 2.45) is 17.3 Å². The van der Waals surface area contributed by atoms with Crippen LogP contribution in [0.1, 0.15) is 44.9 Å². The minimum Gasteiger partial charge on any atom is -0.497 e. The molecule has 0 saturated heterocycles. The highest BCUT2D eigenvalue weighted by molar-refractivity contribution is 9.10. The number of hydrogen-bond donors (Lipinski definition) is 1. The Labute approximate surface area is 157 Å². The largest absolute Gasteiger partial charge is 0.497 e. The van der Waals surface area contributed by atoms with Crippen LogP contribution in [0.2, 0.25) is 0 Å². The van der Waals surface area contributed by atoms with Gasteiger partial charge in [0.25, 0.3) is 0 Å². The Hall–Kier alpha value is -1.23. The van der Waals surface area contributed by atoms with E-state index in [2.05, 4.69) is 21.2 Å². The highest BCUT2D eigenvalue weighted by Crippen LogP contribution is 2.65. The first-order chi connectivity index (χ1) is 11.9. The summed E-state index contributed by atoms with van der Waals surface area (Å²) in [5, 5.41) is 3.06. The third-order valence-electron chi connectivity index (χ3n) is 6.28. The van der Waals surface area contributed by atoms with Crippen LogP contribution in [0, 0.1) is 17.3 Å². The molecule has 0 aromatic heterocycles. The van der Waals surface area contributed by atoms with Crippen LogP contribution in [-0.4, -0.2) is 24.5 Å². The summed E-state index contributed by atoms with van der Waals surface area (Å²) in [6, 6.07) is 5.49. The maximum absolute atomic E-state index is 12.8. The van der Waals surface area contributed by atoms with Gasteiger partial charge in [0.05, 0.1) is 14.2 Å². The van der Waals surface area contributed by atoms with Gasteiger partial charge >= 0.3 is 0 Å². The van der Waals surface area contributed by atoms with E-state index < -0.39 is 0 Å². The zero-order valence-corrected chi connectivity index (χ0v) is 16.5. The van der Waals surface area contributed by atoms with Crippen LogP contribution in [0.3, 0.4) is 0 Å². The van der Waals surface area contributed by atoms with E-state index in [0.29, 0.717) is 17.9 Å². The first kappa shape index (κ1) is 17.2. The molecule has 25 heavy (non-hydrogen) atoms. The molecule has 4 nitrogen and oxygen atoms in total. The van der Waals surface area contributed by atoms with Crippen molar-refractivity contribution in [3.8, 4) is 11.5 Å². The van der Waals surface area contributed by atoms with Crippen molar-refractivity contribution in [3.05, 3.63) is 18.2 Å². The minimum atomic E-state index is 0.105. The van der Waals surface area contributed by atoms with Crippen molar-refractivity contribution in [2.75, 3.05) is 19.5 Å². The van der Waals surface area contributed by atoms with Crippen molar-refractivity contribution in [3.63, 3.8) is 0 Å². The maximum Gasteiger partial charge on any atom is 0.224 e. The molecular weight excluding hydrogens is 382 g/mol. The average molecular weight is 408 g/mol. The second kappa shape index (κ2) is 6.19. The van der Waals surface area contributed by atoms with Crippen molar-refractivity contribution >= 4 is 27.5 Å². The predicted molar refractivity (Wildman–Crippen MR) is 102 cm³/mol. The third kappa shape index (κ3) is 3.40. The van der Waals surface area contributed by atoms with Gasteiger partial charge in [-0.1, -0.05) is 15.9 Å². The molecule has 4 saturated carbocycles. The molecule has 0 spiro atoms. The number of carbonyl (C=O) groups excluding carboxylic acids is 1. The SMILES string of the molecule is COc1cc(NC(=O)CC23C[C@@H]4C[C@@H](CC(Br)(C4)C2)C3)cc(OC)c1. The van der Waals surface area contributed by atoms with E-state index in [0.717, 1.165) is 23.9 Å². The van der Waals surface area contributed by atoms with E-state index in [1.807, 2.05) is 18.2 Å². The van der Waals surface area contributed by atoms with E-state index in [-0.39, 0.29) is 15.6 Å². The molecule has 1 aromatic carbocycles. The van der Waals surface area contributed by atoms with Gasteiger partial charge in [0.2, 0.25) is 5.91 Å². The Morgan fingerprint density at radius 2 is 1.72 bits per heavy atom. The lowest BCUT2D eigenvalue weighted by molar-refractivity contribution is -0.123. The second-order valence-electron chi connectivity index (χ2n) is 8.44. The Morgan fingerprint density at radius 3 is 2.24 bits per heavy atom. The Balaban J connectivity index is 1.48. The Bertz CT molecular complexity index is 653. The number of alkyl halides is 1. The standard InChI is InChI=1S/C20H26BrNO3/c1-24-16-4-15(5-17(6-16)25-2)22-18(23)11-19-7-13-3-14(8-19)10-20(21,9-13)12-19/h4-6,13-14H,3,7-12H2,1-2H3,(H,22,23)/t13-,14+,19?,20?. The van der Waals surface area contributed by atoms with Gasteiger partial charge in [-0.15, -0.1) is 0 Å². The fourth-order valence-electron chi connectivity index (χ4n) is 5.97. The van der Waals surface area contributed by atoms with E-state index in [9.17, 15) is 4.79 Å². The zero-order valence-electron chi connectivity index (χ0n) is 14.9. The van der Waals surface area contributed by atoms with Gasteiger partial charge in [0, 0.05) is 34.6 Å². The molecule has 1 amide bonds. The highest BCUT2D eigenvalue weighted by atomic mass is 79.9. The van der Waals surface area contributed by atoms with Gasteiger partial charge in [-0.25, -0.2) is 0 Å². The molecule has 4 atom stereocenters. The molecule has 4 aliphatic rings. The van der Waals surface area contributed by atoms with Crippen LogP contribution in [0.15, 0.2) is 18.2 Å². The summed E-state index contributed by atoms with van der Waals surface area (Å²) in [5.41, 5.74) is 0.917. The fraction of sp³-hybridized carbons (Fsp3) is 0.650. The number of ether oxygens (including phenoxy) is 2. The highest BCUT2D eigenvalue weighted by Gasteiger charge is 2.57. The van der Waals surface area contributed by atoms with Gasteiger partial charge in [-0.3, -0.25) is 4.79 Å². The lowest BCUT2D eigenvalue weighted by Gasteiger charge is -2.60. The number of rotatable bonds is 5. The summed E-state index contributed by atoms with van der Waals surface area (Å²) < 4.78 is 10.9. The van der Waals surface area contributed by atoms with Gasteiger partial charge in [-0.05, 0) is 55.8 Å². The maximum atomic E-state index is 12.8. The van der Waals surface area contributed by atoms with Crippen LogP contribution < -0.4 is 14.8 Å². The number of nitrogens with one attached hydrogen (secondary N) is 1. The first-order valence-corrected chi connectivity index (χ1v) is 9.92. The van der Waals surface area contributed by atoms with E-state index >= 15 is 0 Å². The summed E-state index contributed by atoms with van der Waals surface area (Å²) in [4.78, 5) is 12.8. The second-order valence-corrected chi connectivity index (χ2v) is 10.1. The smallest absolute Gasteiger partial charge is 0.224 e. The summed E-state index contributed by atoms with van der Waals surface area (Å²) in [6.07, 6.45) is 8.13. The topological polar surface area (TPSA) is 47.6 Å². The molecule has 0 radical (unpaired) electrons. The Morgan fingerprint density at radius 1 is 1.12 bits per heavy atom. The van der Waals surface area contributed by atoms with E-state index in [4.69, 9.17) is 9.47 Å². The monoisotopic (exact) mass is 407 g/mol. The van der Waals surface area contributed by atoms with E-state index in [1.165, 1.54) is 32.1 Å². The number of benzene rings is 1. The summed E-state index contributed by atoms with van der Waals surface area (Å²) in [5.74, 6) is 3.07. The van der Waals surface area contributed by atoms with Crippen LogP contribution in [0.4, 0.5) is 5.69 Å². The van der Waals surface area contributed by atoms with Gasteiger partial charge in [0.1, 0.15) is 11.5 Å². The van der Waals surface area contributed by atoms with Gasteiger partial charge < -0.3 is 14.8 Å². The van der Waals surface area contributed by atoms with Crippen molar-refractivity contribution in [1.29, 1.82) is 0 Å². The third-order valence-corrected chi connectivity index (χ3v) is 7.21. The summed E-state index contributed by atoms with van der Waals surface area (Å²) in [7, 11) is 3.23. The summed E-state index contributed by atoms with van der Waals surface area (Å²) in [6.45, 7) is 0. The lowest BCUT2D eigenvalue weighted by atomic mass is 9.48. The molecule has 0 aliphatic heterocycles.